The van der Waals surface area contributed by atoms with E-state index in [0.29, 0.717) is 18.1 Å². The van der Waals surface area contributed by atoms with Gasteiger partial charge in [0.25, 0.3) is 0 Å². The zero-order valence-corrected chi connectivity index (χ0v) is 16.5. The summed E-state index contributed by atoms with van der Waals surface area (Å²) in [4.78, 5) is 17.1. The van der Waals surface area contributed by atoms with Crippen molar-refractivity contribution in [2.24, 2.45) is 7.05 Å². The molecule has 0 saturated heterocycles. The first-order valence-corrected chi connectivity index (χ1v) is 9.54. The Morgan fingerprint density at radius 2 is 2.07 bits per heavy atom. The molecule has 0 radical (unpaired) electrons. The molecule has 2 unspecified atom stereocenters. The maximum Gasteiger partial charge on any atom is 0.315 e. The van der Waals surface area contributed by atoms with Crippen molar-refractivity contribution in [2.75, 3.05) is 13.7 Å². The van der Waals surface area contributed by atoms with Gasteiger partial charge >= 0.3 is 6.03 Å². The van der Waals surface area contributed by atoms with Gasteiger partial charge in [0.1, 0.15) is 29.5 Å². The molecule has 2 N–H and O–H groups in total. The first-order chi connectivity index (χ1) is 14.2. The highest BCUT2D eigenvalue weighted by atomic mass is 16.5. The van der Waals surface area contributed by atoms with Crippen molar-refractivity contribution in [3.8, 4) is 11.5 Å². The fourth-order valence-electron chi connectivity index (χ4n) is 3.60. The fourth-order valence-corrected chi connectivity index (χ4v) is 3.60. The minimum Gasteiger partial charge on any atom is -0.496 e. The number of urea groups is 1. The molecule has 3 aromatic rings. The largest absolute Gasteiger partial charge is 0.496 e. The maximum absolute atomic E-state index is 12.7. The van der Waals surface area contributed by atoms with Gasteiger partial charge in [-0.3, -0.25) is 0 Å². The average molecular weight is 392 g/mol. The lowest BCUT2D eigenvalue weighted by Gasteiger charge is -2.22. The summed E-state index contributed by atoms with van der Waals surface area (Å²) in [6, 6.07) is 14.8. The zero-order chi connectivity index (χ0) is 20.2. The molecule has 0 bridgehead atoms. The number of benzene rings is 2. The third kappa shape index (κ3) is 4.03. The lowest BCUT2D eigenvalue weighted by molar-refractivity contribution is 0.212. The van der Waals surface area contributed by atoms with Crippen molar-refractivity contribution < 1.29 is 14.3 Å². The van der Waals surface area contributed by atoms with E-state index in [1.54, 1.807) is 13.3 Å². The van der Waals surface area contributed by atoms with Gasteiger partial charge in [-0.25, -0.2) is 9.78 Å². The summed E-state index contributed by atoms with van der Waals surface area (Å²) in [7, 11) is 3.51. The van der Waals surface area contributed by atoms with Crippen molar-refractivity contribution in [2.45, 2.75) is 18.6 Å². The fraction of sp³-hybridized carbons (Fsp3) is 0.273. The van der Waals surface area contributed by atoms with Gasteiger partial charge in [0.05, 0.1) is 13.7 Å². The minimum atomic E-state index is -0.451. The molecule has 2 heterocycles. The molecule has 150 valence electrons. The van der Waals surface area contributed by atoms with Crippen molar-refractivity contribution in [3.63, 3.8) is 0 Å². The van der Waals surface area contributed by atoms with Crippen molar-refractivity contribution >= 4 is 6.03 Å². The number of carbonyl (C=O) groups is 1. The van der Waals surface area contributed by atoms with Crippen LogP contribution in [0.1, 0.15) is 23.0 Å². The van der Waals surface area contributed by atoms with E-state index in [1.165, 1.54) is 5.56 Å². The van der Waals surface area contributed by atoms with Gasteiger partial charge in [-0.05, 0) is 17.7 Å². The number of hydrogen-bond acceptors (Lipinski definition) is 4. The van der Waals surface area contributed by atoms with Crippen LogP contribution in [0.2, 0.25) is 0 Å². The summed E-state index contributed by atoms with van der Waals surface area (Å²) in [6.07, 6.45) is 4.27. The molecular formula is C22H24N4O3. The summed E-state index contributed by atoms with van der Waals surface area (Å²) < 4.78 is 13.3. The first-order valence-electron chi connectivity index (χ1n) is 9.54. The Labute approximate surface area is 169 Å². The Bertz CT molecular complexity index is 976. The molecule has 0 aliphatic carbocycles. The summed E-state index contributed by atoms with van der Waals surface area (Å²) in [5.41, 5.74) is 2.00. The highest BCUT2D eigenvalue weighted by Crippen LogP contribution is 2.29. The molecule has 2 aromatic carbocycles. The number of imidazole rings is 1. The van der Waals surface area contributed by atoms with Crippen LogP contribution in [-0.4, -0.2) is 35.3 Å². The number of rotatable bonds is 6. The molecule has 2 atom stereocenters. The number of para-hydroxylation sites is 2. The SMILES string of the molecule is COc1ccccc1C(NC(=O)NCC1Cc2ccccc2O1)c1nccn1C. The van der Waals surface area contributed by atoms with Gasteiger partial charge in [-0.15, -0.1) is 0 Å². The molecule has 0 fully saturated rings. The number of nitrogens with zero attached hydrogens (tertiary/aromatic N) is 2. The molecule has 4 rings (SSSR count). The van der Waals surface area contributed by atoms with Crippen LogP contribution in [0, 0.1) is 0 Å². The average Bonchev–Trinajstić information content (AvgIpc) is 3.36. The standard InChI is InChI=1S/C22H24N4O3/c1-26-12-11-23-21(26)20(17-8-4-6-10-19(17)28-2)25-22(27)24-14-16-13-15-7-3-5-9-18(15)29-16/h3-12,16,20H,13-14H2,1-2H3,(H2,24,25,27). The topological polar surface area (TPSA) is 77.4 Å². The second-order valence-electron chi connectivity index (χ2n) is 6.98. The van der Waals surface area contributed by atoms with Gasteiger partial charge in [0.15, 0.2) is 0 Å². The number of methoxy groups -OCH3 is 1. The Hall–Kier alpha value is -3.48. The minimum absolute atomic E-state index is 0.0731. The highest BCUT2D eigenvalue weighted by molar-refractivity contribution is 5.75. The third-order valence-corrected chi connectivity index (χ3v) is 5.05. The smallest absolute Gasteiger partial charge is 0.315 e. The summed E-state index contributed by atoms with van der Waals surface area (Å²) in [5, 5.41) is 5.95. The van der Waals surface area contributed by atoms with Crippen LogP contribution in [0.5, 0.6) is 11.5 Å². The number of amides is 2. The number of aryl methyl sites for hydroxylation is 1. The number of nitrogens with one attached hydrogen (secondary N) is 2. The predicted molar refractivity (Wildman–Crippen MR) is 109 cm³/mol. The van der Waals surface area contributed by atoms with Crippen molar-refractivity contribution in [1.29, 1.82) is 0 Å². The Kier molecular flexibility index (Phi) is 5.37. The number of ether oxygens (including phenoxy) is 2. The molecule has 29 heavy (non-hydrogen) atoms. The maximum atomic E-state index is 12.7. The lowest BCUT2D eigenvalue weighted by Crippen LogP contribution is -2.43. The zero-order valence-electron chi connectivity index (χ0n) is 16.5. The molecule has 0 spiro atoms. The van der Waals surface area contributed by atoms with E-state index in [2.05, 4.69) is 15.6 Å². The third-order valence-electron chi connectivity index (χ3n) is 5.05. The van der Waals surface area contributed by atoms with E-state index in [-0.39, 0.29) is 12.1 Å². The molecule has 1 aromatic heterocycles. The molecular weight excluding hydrogens is 368 g/mol. The molecule has 7 heteroatoms. The first kappa shape index (κ1) is 18.9. The Balaban J connectivity index is 1.45. The summed E-state index contributed by atoms with van der Waals surface area (Å²) >= 11 is 0. The Morgan fingerprint density at radius 3 is 2.83 bits per heavy atom. The van der Waals surface area contributed by atoms with Crippen LogP contribution in [0.3, 0.4) is 0 Å². The van der Waals surface area contributed by atoms with E-state index in [4.69, 9.17) is 9.47 Å². The van der Waals surface area contributed by atoms with Gasteiger partial charge < -0.3 is 24.7 Å². The molecule has 2 amide bonds. The van der Waals surface area contributed by atoms with Crippen LogP contribution in [0.15, 0.2) is 60.9 Å². The second kappa shape index (κ2) is 8.26. The second-order valence-corrected chi connectivity index (χ2v) is 6.98. The van der Waals surface area contributed by atoms with E-state index < -0.39 is 6.04 Å². The number of hydrogen-bond donors (Lipinski definition) is 2. The highest BCUT2D eigenvalue weighted by Gasteiger charge is 2.26. The lowest BCUT2D eigenvalue weighted by atomic mass is 10.0. The van der Waals surface area contributed by atoms with E-state index >= 15 is 0 Å². The van der Waals surface area contributed by atoms with Crippen molar-refractivity contribution in [3.05, 3.63) is 77.9 Å². The van der Waals surface area contributed by atoms with Crippen molar-refractivity contribution in [1.82, 2.24) is 20.2 Å². The number of carbonyl (C=O) groups excluding carboxylic acids is 1. The monoisotopic (exact) mass is 392 g/mol. The van der Waals surface area contributed by atoms with Crippen LogP contribution in [0.25, 0.3) is 0 Å². The van der Waals surface area contributed by atoms with Gasteiger partial charge in [0.2, 0.25) is 0 Å². The van der Waals surface area contributed by atoms with Gasteiger partial charge in [-0.2, -0.15) is 0 Å². The summed E-state index contributed by atoms with van der Waals surface area (Å²) in [5.74, 6) is 2.30. The van der Waals surface area contributed by atoms with Crippen LogP contribution < -0.4 is 20.1 Å². The molecule has 1 aliphatic rings. The van der Waals surface area contributed by atoms with E-state index in [0.717, 1.165) is 17.7 Å². The molecule has 7 nitrogen and oxygen atoms in total. The number of fused-ring (bicyclic) bond motifs is 1. The normalized spacial score (nSPS) is 15.9. The van der Waals surface area contributed by atoms with Crippen LogP contribution in [0.4, 0.5) is 4.79 Å². The van der Waals surface area contributed by atoms with Gasteiger partial charge in [-0.1, -0.05) is 36.4 Å². The quantitative estimate of drug-likeness (QED) is 0.676. The Morgan fingerprint density at radius 1 is 1.28 bits per heavy atom. The number of aromatic nitrogens is 2. The van der Waals surface area contributed by atoms with Crippen LogP contribution >= 0.6 is 0 Å². The molecule has 0 saturated carbocycles. The van der Waals surface area contributed by atoms with E-state index in [1.807, 2.05) is 66.3 Å². The van der Waals surface area contributed by atoms with E-state index in [9.17, 15) is 4.79 Å². The van der Waals surface area contributed by atoms with Gasteiger partial charge in [0, 0.05) is 31.4 Å². The molecule has 1 aliphatic heterocycles. The summed E-state index contributed by atoms with van der Waals surface area (Å²) in [6.45, 7) is 0.416. The predicted octanol–water partition coefficient (Wildman–Crippen LogP) is 2.82. The van der Waals surface area contributed by atoms with Crippen LogP contribution in [-0.2, 0) is 13.5 Å².